The number of aryl methyl sites for hydroxylation is 8. The first-order valence-electron chi connectivity index (χ1n) is 21.4. The lowest BCUT2D eigenvalue weighted by molar-refractivity contribution is 0.565. The molecule has 66 heavy (non-hydrogen) atoms. The Labute approximate surface area is 389 Å². The van der Waals surface area contributed by atoms with E-state index in [-0.39, 0.29) is 0 Å². The third-order valence-corrected chi connectivity index (χ3v) is 8.87. The summed E-state index contributed by atoms with van der Waals surface area (Å²) in [5.74, 6) is 0. The maximum Gasteiger partial charge on any atom is 0.0931 e. The number of para-hydroxylation sites is 4. The van der Waals surface area contributed by atoms with Crippen molar-refractivity contribution in [3.8, 4) is 0 Å². The lowest BCUT2D eigenvalue weighted by Gasteiger charge is -1.97. The monoisotopic (exact) mass is 873 g/mol. The third-order valence-electron chi connectivity index (χ3n) is 8.87. The van der Waals surface area contributed by atoms with Gasteiger partial charge >= 0.3 is 0 Å². The van der Waals surface area contributed by atoms with Crippen molar-refractivity contribution in [2.75, 3.05) is 0 Å². The first kappa shape index (κ1) is 50.4. The van der Waals surface area contributed by atoms with Gasteiger partial charge in [0, 0.05) is 84.1 Å². The fraction of sp³-hybridized carbons (Fsp3) is 0.143. The van der Waals surface area contributed by atoms with E-state index in [4.69, 9.17) is 4.42 Å². The molecule has 0 bridgehead atoms. The topological polar surface area (TPSA) is 132 Å². The van der Waals surface area contributed by atoms with Crippen molar-refractivity contribution >= 4 is 32.8 Å². The summed E-state index contributed by atoms with van der Waals surface area (Å²) in [4.78, 5) is 35.7. The summed E-state index contributed by atoms with van der Waals surface area (Å²) in [5, 5.41) is 2.42. The number of nitrogens with zero attached hydrogens (tertiary/aromatic N) is 8. The summed E-state index contributed by atoms with van der Waals surface area (Å²) < 4.78 is 4.71. The van der Waals surface area contributed by atoms with E-state index in [1.54, 1.807) is 49.7 Å². The molecule has 0 aliphatic rings. The summed E-state index contributed by atoms with van der Waals surface area (Å²) in [6.07, 6.45) is 21.3. The van der Waals surface area contributed by atoms with Gasteiger partial charge < -0.3 is 9.40 Å². The first-order chi connectivity index (χ1) is 32.1. The Bertz CT molecular complexity index is 2730. The van der Waals surface area contributed by atoms with Crippen molar-refractivity contribution in [3.63, 3.8) is 0 Å². The first-order valence-corrected chi connectivity index (χ1v) is 21.4. The Balaban J connectivity index is 0.000000167. The van der Waals surface area contributed by atoms with E-state index >= 15 is 0 Å². The Hall–Kier alpha value is -8.24. The lowest BCUT2D eigenvalue weighted by Crippen LogP contribution is -1.85. The molecule has 0 amide bonds. The van der Waals surface area contributed by atoms with E-state index < -0.39 is 0 Å². The quantitative estimate of drug-likeness (QED) is 0.158. The molecule has 1 N–H and O–H groups in total. The van der Waals surface area contributed by atoms with Crippen LogP contribution in [0.15, 0.2) is 212 Å². The highest BCUT2D eigenvalue weighted by Crippen LogP contribution is 2.14. The molecule has 0 aliphatic carbocycles. The number of rotatable bonds is 0. The van der Waals surface area contributed by atoms with Crippen molar-refractivity contribution in [2.45, 2.75) is 55.4 Å². The second kappa shape index (κ2) is 29.2. The number of aromatic amines is 1. The molecule has 0 saturated heterocycles. The van der Waals surface area contributed by atoms with E-state index in [1.165, 1.54) is 33.0 Å². The average molecular weight is 874 g/mol. The van der Waals surface area contributed by atoms with Crippen LogP contribution >= 0.6 is 0 Å². The number of furan rings is 1. The number of H-pyrrole nitrogens is 1. The van der Waals surface area contributed by atoms with Crippen LogP contribution in [0.25, 0.3) is 32.8 Å². The predicted octanol–water partition coefficient (Wildman–Crippen LogP) is 13.5. The van der Waals surface area contributed by atoms with Crippen LogP contribution in [0.5, 0.6) is 0 Å². The van der Waals surface area contributed by atoms with Crippen molar-refractivity contribution in [3.05, 3.63) is 253 Å². The molecule has 3 aromatic carbocycles. The number of pyridine rings is 4. The molecule has 0 atom stereocenters. The van der Waals surface area contributed by atoms with Gasteiger partial charge in [0.05, 0.1) is 46.0 Å². The fourth-order valence-electron chi connectivity index (χ4n) is 5.48. The van der Waals surface area contributed by atoms with E-state index in [2.05, 4.69) is 95.1 Å². The van der Waals surface area contributed by atoms with Gasteiger partial charge in [0.2, 0.25) is 0 Å². The highest BCUT2D eigenvalue weighted by molar-refractivity contribution is 5.81. The summed E-state index contributed by atoms with van der Waals surface area (Å²) in [5.41, 5.74) is 13.1. The van der Waals surface area contributed by atoms with Gasteiger partial charge in [0.1, 0.15) is 0 Å². The van der Waals surface area contributed by atoms with Gasteiger partial charge in [-0.05, 0) is 138 Å². The normalized spacial score (nSPS) is 9.52. The molecular weight excluding hydrogens is 815 g/mol. The molecular formula is C56H59N9O. The fourth-order valence-corrected chi connectivity index (χ4v) is 5.48. The van der Waals surface area contributed by atoms with Crippen LogP contribution < -0.4 is 0 Å². The number of aromatic nitrogens is 9. The molecule has 0 saturated carbocycles. The van der Waals surface area contributed by atoms with Crippen LogP contribution in [-0.4, -0.2) is 44.9 Å². The van der Waals surface area contributed by atoms with E-state index in [1.807, 2.05) is 163 Å². The van der Waals surface area contributed by atoms with Crippen LogP contribution in [0.3, 0.4) is 0 Å². The predicted molar refractivity (Wildman–Crippen MR) is 271 cm³/mol. The Morgan fingerprint density at radius 1 is 0.394 bits per heavy atom. The smallest absolute Gasteiger partial charge is 0.0931 e. The van der Waals surface area contributed by atoms with Gasteiger partial charge in [0.15, 0.2) is 0 Å². The van der Waals surface area contributed by atoms with Crippen molar-refractivity contribution < 1.29 is 4.42 Å². The van der Waals surface area contributed by atoms with E-state index in [0.29, 0.717) is 0 Å². The Kier molecular flexibility index (Phi) is 22.3. The molecule has 334 valence electrons. The zero-order valence-electron chi connectivity index (χ0n) is 39.1. The zero-order chi connectivity index (χ0) is 47.2. The highest BCUT2D eigenvalue weighted by Gasteiger charge is 1.95. The van der Waals surface area contributed by atoms with Gasteiger partial charge in [-0.25, -0.2) is 4.98 Å². The molecule has 11 rings (SSSR count). The van der Waals surface area contributed by atoms with Crippen molar-refractivity contribution in [1.29, 1.82) is 0 Å². The Morgan fingerprint density at radius 2 is 1.08 bits per heavy atom. The molecule has 0 spiro atoms. The number of benzene rings is 3. The van der Waals surface area contributed by atoms with Crippen LogP contribution in [0.1, 0.15) is 45.0 Å². The zero-order valence-corrected chi connectivity index (χ0v) is 39.1. The van der Waals surface area contributed by atoms with Crippen LogP contribution in [-0.2, 0) is 0 Å². The number of nitrogens with one attached hydrogen (secondary N) is 1. The van der Waals surface area contributed by atoms with Crippen LogP contribution in [0, 0.1) is 55.4 Å². The summed E-state index contributed by atoms with van der Waals surface area (Å²) in [6, 6.07) is 44.1. The third kappa shape index (κ3) is 20.3. The number of fused-ring (bicyclic) bond motifs is 3. The minimum absolute atomic E-state index is 0.957. The highest BCUT2D eigenvalue weighted by atomic mass is 16.3. The molecule has 10 heteroatoms. The molecule has 0 radical (unpaired) electrons. The van der Waals surface area contributed by atoms with Crippen molar-refractivity contribution in [2.24, 2.45) is 0 Å². The van der Waals surface area contributed by atoms with Gasteiger partial charge in [-0.3, -0.25) is 34.9 Å². The summed E-state index contributed by atoms with van der Waals surface area (Å²) >= 11 is 0. The lowest BCUT2D eigenvalue weighted by atomic mass is 10.1. The minimum Gasteiger partial charge on any atom is -0.472 e. The maximum atomic E-state index is 4.71. The number of hydrogen-bond donors (Lipinski definition) is 1. The van der Waals surface area contributed by atoms with Crippen LogP contribution in [0.2, 0.25) is 0 Å². The minimum atomic E-state index is 0.957. The van der Waals surface area contributed by atoms with Gasteiger partial charge in [-0.15, -0.1) is 0 Å². The largest absolute Gasteiger partial charge is 0.472 e. The van der Waals surface area contributed by atoms with Gasteiger partial charge in [-0.2, -0.15) is 0 Å². The van der Waals surface area contributed by atoms with Crippen LogP contribution in [0.4, 0.5) is 0 Å². The second-order valence-electron chi connectivity index (χ2n) is 14.8. The number of hydrogen-bond acceptors (Lipinski definition) is 9. The molecule has 8 aromatic heterocycles. The van der Waals surface area contributed by atoms with Crippen molar-refractivity contribution in [1.82, 2.24) is 44.9 Å². The molecule has 8 heterocycles. The standard InChI is InChI=1S/2C10H9N.C9H8N2.2C6H7N.C5H6N2.C5H7N.C5H6O/c1-8-4-2-5-9-6-3-7-11-10(8)9;1-8-6-7-9-4-2-3-5-10(9)11-8;1-7-6-10-8-4-2-3-5-9(8)11-7;1-6-3-2-4-7-5-6;1-6-4-2-3-5-7-6;1-5-4-6-2-3-7-5;2*1-5-2-3-6-4-5/h2*2-7H,1H3;2-6H,1H3;2*2-5H,1H3;2-4H,1H3;2-4,6H,1H3;2-4H,1H3. The second-order valence-corrected chi connectivity index (χ2v) is 14.8. The Morgan fingerprint density at radius 3 is 1.61 bits per heavy atom. The molecule has 11 aromatic rings. The molecule has 0 unspecified atom stereocenters. The maximum absolute atomic E-state index is 4.71. The average Bonchev–Trinajstić information content (AvgIpc) is 4.04. The summed E-state index contributed by atoms with van der Waals surface area (Å²) in [6.45, 7) is 16.0. The van der Waals surface area contributed by atoms with E-state index in [0.717, 1.165) is 44.8 Å². The molecule has 0 fully saturated rings. The molecule has 0 aliphatic heterocycles. The van der Waals surface area contributed by atoms with E-state index in [9.17, 15) is 0 Å². The van der Waals surface area contributed by atoms with Gasteiger partial charge in [-0.1, -0.05) is 72.8 Å². The summed E-state index contributed by atoms with van der Waals surface area (Å²) in [7, 11) is 0. The molecule has 10 nitrogen and oxygen atoms in total. The van der Waals surface area contributed by atoms with Gasteiger partial charge in [0.25, 0.3) is 0 Å². The SMILES string of the molecule is Cc1cc[nH]c1.Cc1ccc2ccccc2n1.Cc1cccc2cccnc12.Cc1ccccn1.Cc1cccnc1.Cc1ccoc1.Cc1cnc2ccccc2n1.Cc1cnccn1.